The predicted octanol–water partition coefficient (Wildman–Crippen LogP) is 3.84. The Morgan fingerprint density at radius 1 is 1.00 bits per heavy atom. The monoisotopic (exact) mass is 469 g/mol. The number of hydrogen-bond donors (Lipinski definition) is 1. The van der Waals surface area contributed by atoms with Gasteiger partial charge >= 0.3 is 0 Å². The summed E-state index contributed by atoms with van der Waals surface area (Å²) in [6.07, 6.45) is 3.61. The zero-order valence-corrected chi connectivity index (χ0v) is 19.7. The molecule has 1 N–H and O–H groups in total. The number of piperazine rings is 1. The van der Waals surface area contributed by atoms with Crippen LogP contribution >= 0.6 is 11.6 Å². The maximum atomic E-state index is 12.6. The third-order valence-corrected chi connectivity index (χ3v) is 6.74. The van der Waals surface area contributed by atoms with E-state index in [0.29, 0.717) is 24.7 Å². The van der Waals surface area contributed by atoms with Gasteiger partial charge in [-0.25, -0.2) is 0 Å². The molecule has 0 aromatic heterocycles. The highest BCUT2D eigenvalue weighted by Crippen LogP contribution is 2.29. The summed E-state index contributed by atoms with van der Waals surface area (Å²) in [5.41, 5.74) is 2.54. The molecule has 0 spiro atoms. The highest BCUT2D eigenvalue weighted by atomic mass is 35.5. The van der Waals surface area contributed by atoms with Crippen molar-refractivity contribution in [3.63, 3.8) is 0 Å². The smallest absolute Gasteiger partial charge is 0.223 e. The van der Waals surface area contributed by atoms with Crippen LogP contribution in [0.5, 0.6) is 5.75 Å². The maximum Gasteiger partial charge on any atom is 0.223 e. The fourth-order valence-electron chi connectivity index (χ4n) is 4.59. The minimum atomic E-state index is -0.0389. The minimum Gasteiger partial charge on any atom is -0.492 e. The summed E-state index contributed by atoms with van der Waals surface area (Å²) in [7, 11) is 0. The summed E-state index contributed by atoms with van der Waals surface area (Å²) < 4.78 is 5.76. The Balaban J connectivity index is 1.13. The third kappa shape index (κ3) is 6.71. The van der Waals surface area contributed by atoms with Crippen LogP contribution in [-0.2, 0) is 16.0 Å². The first-order valence-corrected chi connectivity index (χ1v) is 12.2. The molecular weight excluding hydrogens is 438 g/mol. The molecule has 33 heavy (non-hydrogen) atoms. The molecule has 1 atom stereocenters. The van der Waals surface area contributed by atoms with Crippen LogP contribution in [0.2, 0.25) is 5.02 Å². The SMILES string of the molecule is O=C(CCC(=O)N1CCN(CCOc2ccc(Cl)cc2)CC1)NC1CCCc2ccccc21. The number of amides is 2. The fraction of sp³-hybridized carbons (Fsp3) is 0.462. The van der Waals surface area contributed by atoms with E-state index >= 15 is 0 Å². The van der Waals surface area contributed by atoms with Crippen molar-refractivity contribution >= 4 is 23.4 Å². The predicted molar refractivity (Wildman–Crippen MR) is 129 cm³/mol. The molecule has 0 bridgehead atoms. The normalized spacial score (nSPS) is 18.5. The number of carbonyl (C=O) groups is 2. The van der Waals surface area contributed by atoms with E-state index in [1.807, 2.05) is 41.3 Å². The van der Waals surface area contributed by atoms with Crippen LogP contribution in [-0.4, -0.2) is 60.9 Å². The molecule has 4 rings (SSSR count). The number of fused-ring (bicyclic) bond motifs is 1. The van der Waals surface area contributed by atoms with E-state index in [1.54, 1.807) is 0 Å². The highest BCUT2D eigenvalue weighted by Gasteiger charge is 2.24. The highest BCUT2D eigenvalue weighted by molar-refractivity contribution is 6.30. The largest absolute Gasteiger partial charge is 0.492 e. The molecule has 1 heterocycles. The first-order chi connectivity index (χ1) is 16.1. The molecule has 2 amide bonds. The third-order valence-electron chi connectivity index (χ3n) is 6.49. The summed E-state index contributed by atoms with van der Waals surface area (Å²) in [5.74, 6) is 0.831. The molecule has 1 unspecified atom stereocenters. The molecule has 176 valence electrons. The number of nitrogens with zero attached hydrogens (tertiary/aromatic N) is 2. The number of carbonyl (C=O) groups excluding carboxylic acids is 2. The molecular formula is C26H32ClN3O3. The summed E-state index contributed by atoms with van der Waals surface area (Å²) in [6.45, 7) is 4.44. The van der Waals surface area contributed by atoms with Gasteiger partial charge in [0.1, 0.15) is 12.4 Å². The van der Waals surface area contributed by atoms with E-state index in [-0.39, 0.29) is 30.7 Å². The van der Waals surface area contributed by atoms with Crippen molar-refractivity contribution in [3.8, 4) is 5.75 Å². The number of hydrogen-bond acceptors (Lipinski definition) is 4. The van der Waals surface area contributed by atoms with Gasteiger partial charge in [0.05, 0.1) is 6.04 Å². The number of aryl methyl sites for hydroxylation is 1. The first-order valence-electron chi connectivity index (χ1n) is 11.8. The Bertz CT molecular complexity index is 942. The van der Waals surface area contributed by atoms with Crippen LogP contribution in [0.25, 0.3) is 0 Å². The van der Waals surface area contributed by atoms with Crippen LogP contribution in [0.15, 0.2) is 48.5 Å². The van der Waals surface area contributed by atoms with E-state index < -0.39 is 0 Å². The molecule has 1 aliphatic heterocycles. The average molecular weight is 470 g/mol. The summed E-state index contributed by atoms with van der Waals surface area (Å²) in [4.78, 5) is 29.3. The van der Waals surface area contributed by atoms with Gasteiger partial charge < -0.3 is 15.0 Å². The summed E-state index contributed by atoms with van der Waals surface area (Å²) in [6, 6.07) is 15.7. The van der Waals surface area contributed by atoms with Crippen molar-refractivity contribution in [2.45, 2.75) is 38.1 Å². The summed E-state index contributed by atoms with van der Waals surface area (Å²) >= 11 is 5.89. The van der Waals surface area contributed by atoms with Crippen molar-refractivity contribution in [3.05, 3.63) is 64.7 Å². The zero-order chi connectivity index (χ0) is 23.0. The van der Waals surface area contributed by atoms with E-state index in [9.17, 15) is 9.59 Å². The van der Waals surface area contributed by atoms with Crippen molar-refractivity contribution in [1.29, 1.82) is 0 Å². The van der Waals surface area contributed by atoms with Gasteiger partial charge in [0.2, 0.25) is 11.8 Å². The number of nitrogens with one attached hydrogen (secondary N) is 1. The lowest BCUT2D eigenvalue weighted by Gasteiger charge is -2.34. The van der Waals surface area contributed by atoms with Crippen LogP contribution < -0.4 is 10.1 Å². The number of rotatable bonds is 8. The molecule has 1 saturated heterocycles. The maximum absolute atomic E-state index is 12.6. The molecule has 0 radical (unpaired) electrons. The van der Waals surface area contributed by atoms with E-state index in [2.05, 4.69) is 22.3 Å². The van der Waals surface area contributed by atoms with Gasteiger partial charge in [-0.2, -0.15) is 0 Å². The molecule has 2 aliphatic rings. The van der Waals surface area contributed by atoms with Crippen LogP contribution in [0, 0.1) is 0 Å². The quantitative estimate of drug-likeness (QED) is 0.638. The van der Waals surface area contributed by atoms with Crippen LogP contribution in [0.1, 0.15) is 42.9 Å². The molecule has 7 heteroatoms. The van der Waals surface area contributed by atoms with Crippen LogP contribution in [0.4, 0.5) is 0 Å². The zero-order valence-electron chi connectivity index (χ0n) is 19.0. The topological polar surface area (TPSA) is 61.9 Å². The van der Waals surface area contributed by atoms with E-state index in [1.165, 1.54) is 11.1 Å². The standard InChI is InChI=1S/C26H32ClN3O3/c27-21-8-10-22(11-9-21)33-19-18-29-14-16-30(17-15-29)26(32)13-12-25(31)28-24-7-3-5-20-4-1-2-6-23(20)24/h1-2,4,6,8-11,24H,3,5,7,12-19H2,(H,28,31). The van der Waals surface area contributed by atoms with Gasteiger partial charge in [-0.15, -0.1) is 0 Å². The first kappa shape index (κ1) is 23.6. The van der Waals surface area contributed by atoms with Crippen molar-refractivity contribution in [1.82, 2.24) is 15.1 Å². The van der Waals surface area contributed by atoms with Crippen molar-refractivity contribution in [2.75, 3.05) is 39.3 Å². The van der Waals surface area contributed by atoms with Crippen molar-refractivity contribution in [2.24, 2.45) is 0 Å². The summed E-state index contributed by atoms with van der Waals surface area (Å²) in [5, 5.41) is 3.84. The minimum absolute atomic E-state index is 0.0389. The lowest BCUT2D eigenvalue weighted by atomic mass is 9.87. The van der Waals surface area contributed by atoms with Gasteiger partial charge in [-0.3, -0.25) is 14.5 Å². The van der Waals surface area contributed by atoms with Gasteiger partial charge in [0, 0.05) is 50.6 Å². The molecule has 1 fully saturated rings. The molecule has 2 aromatic rings. The van der Waals surface area contributed by atoms with Gasteiger partial charge in [0.15, 0.2) is 0 Å². The second-order valence-corrected chi connectivity index (χ2v) is 9.17. The molecule has 6 nitrogen and oxygen atoms in total. The van der Waals surface area contributed by atoms with E-state index in [0.717, 1.165) is 44.6 Å². The van der Waals surface area contributed by atoms with E-state index in [4.69, 9.17) is 16.3 Å². The molecule has 0 saturated carbocycles. The van der Waals surface area contributed by atoms with Crippen molar-refractivity contribution < 1.29 is 14.3 Å². The van der Waals surface area contributed by atoms with Gasteiger partial charge in [-0.1, -0.05) is 35.9 Å². The lowest BCUT2D eigenvalue weighted by molar-refractivity contribution is -0.135. The molecule has 1 aliphatic carbocycles. The Labute approximate surface area is 200 Å². The number of benzene rings is 2. The van der Waals surface area contributed by atoms with Gasteiger partial charge in [0.25, 0.3) is 0 Å². The Kier molecular flexibility index (Phi) is 8.24. The Morgan fingerprint density at radius 2 is 1.76 bits per heavy atom. The Hall–Kier alpha value is -2.57. The lowest BCUT2D eigenvalue weighted by Crippen LogP contribution is -2.49. The second-order valence-electron chi connectivity index (χ2n) is 8.74. The molecule has 2 aromatic carbocycles. The number of halogens is 1. The second kappa shape index (κ2) is 11.5. The Morgan fingerprint density at radius 3 is 2.55 bits per heavy atom. The van der Waals surface area contributed by atoms with Crippen LogP contribution in [0.3, 0.4) is 0 Å². The fourth-order valence-corrected chi connectivity index (χ4v) is 4.72. The number of ether oxygens (including phenoxy) is 1. The average Bonchev–Trinajstić information content (AvgIpc) is 2.84. The van der Waals surface area contributed by atoms with Gasteiger partial charge in [-0.05, 0) is 54.7 Å².